The summed E-state index contributed by atoms with van der Waals surface area (Å²) >= 11 is 12.2. The van der Waals surface area contributed by atoms with Gasteiger partial charge in [-0.3, -0.25) is 9.78 Å². The molecule has 35 heavy (non-hydrogen) atoms. The van der Waals surface area contributed by atoms with E-state index in [1.54, 1.807) is 36.7 Å². The number of nitrogens with zero attached hydrogens (tertiary/aromatic N) is 3. The van der Waals surface area contributed by atoms with E-state index in [1.165, 1.54) is 0 Å². The molecule has 0 N–H and O–H groups in total. The Morgan fingerprint density at radius 3 is 2.46 bits per heavy atom. The number of halogens is 2. The number of carbonyl (C=O) groups excluding carboxylic acids is 1. The Kier molecular flexibility index (Phi) is 7.39. The summed E-state index contributed by atoms with van der Waals surface area (Å²) in [5, 5.41) is 1.09. The zero-order valence-corrected chi connectivity index (χ0v) is 20.5. The monoisotopic (exact) mass is 513 g/mol. The van der Waals surface area contributed by atoms with Crippen LogP contribution in [0.25, 0.3) is 0 Å². The summed E-state index contributed by atoms with van der Waals surface area (Å²) in [6, 6.07) is 16.7. The summed E-state index contributed by atoms with van der Waals surface area (Å²) in [7, 11) is 0. The summed E-state index contributed by atoms with van der Waals surface area (Å²) in [6.07, 6.45) is 2.57. The van der Waals surface area contributed by atoms with Crippen LogP contribution in [0.4, 0.5) is 5.69 Å². The average molecular weight is 514 g/mol. The number of rotatable bonds is 6. The summed E-state index contributed by atoms with van der Waals surface area (Å²) in [4.78, 5) is 20.8. The minimum Gasteiger partial charge on any atom is -0.491 e. The van der Waals surface area contributed by atoms with Crippen LogP contribution in [0.15, 0.2) is 67.0 Å². The first-order valence-electron chi connectivity index (χ1n) is 11.5. The topological polar surface area (TPSA) is 64.1 Å². The first-order valence-corrected chi connectivity index (χ1v) is 12.2. The molecular formula is C26H25Cl2N3O4. The van der Waals surface area contributed by atoms with Gasteiger partial charge in [0.2, 0.25) is 0 Å². The van der Waals surface area contributed by atoms with E-state index in [0.29, 0.717) is 41.9 Å². The second kappa shape index (κ2) is 10.8. The summed E-state index contributed by atoms with van der Waals surface area (Å²) < 4.78 is 17.6. The molecule has 0 spiro atoms. The van der Waals surface area contributed by atoms with Gasteiger partial charge in [0.05, 0.1) is 11.6 Å². The predicted molar refractivity (Wildman–Crippen MR) is 134 cm³/mol. The van der Waals surface area contributed by atoms with E-state index >= 15 is 0 Å². The summed E-state index contributed by atoms with van der Waals surface area (Å²) in [5.41, 5.74) is 2.53. The fraction of sp³-hybridized carbons (Fsp3) is 0.308. The largest absolute Gasteiger partial charge is 0.491 e. The number of pyridine rings is 1. The van der Waals surface area contributed by atoms with Crippen LogP contribution >= 0.6 is 23.2 Å². The standard InChI is InChI=1S/C26H25Cl2N3O4/c27-19-1-6-23(24(28)15-19)26-34-17-22(35-26)16-33-21-4-2-20(3-5-21)30-11-13-31(14-12-30)25(32)18-7-9-29-10-8-18/h1-10,15,22,26H,11-14,16-17H2. The van der Waals surface area contributed by atoms with Crippen LogP contribution in [-0.4, -0.2) is 61.3 Å². The molecule has 0 aliphatic carbocycles. The third-order valence-electron chi connectivity index (χ3n) is 6.10. The molecule has 2 saturated heterocycles. The van der Waals surface area contributed by atoms with Gasteiger partial charge in [0, 0.05) is 60.4 Å². The molecule has 2 fully saturated rings. The Labute approximate surface area is 214 Å². The Balaban J connectivity index is 1.09. The van der Waals surface area contributed by atoms with Crippen LogP contribution in [-0.2, 0) is 9.47 Å². The first kappa shape index (κ1) is 23.9. The molecule has 2 atom stereocenters. The number of ether oxygens (including phenoxy) is 3. The maximum absolute atomic E-state index is 12.6. The van der Waals surface area contributed by atoms with Crippen molar-refractivity contribution in [1.29, 1.82) is 0 Å². The van der Waals surface area contributed by atoms with Crippen molar-refractivity contribution in [3.05, 3.63) is 88.2 Å². The smallest absolute Gasteiger partial charge is 0.254 e. The molecule has 5 rings (SSSR count). The summed E-state index contributed by atoms with van der Waals surface area (Å²) in [5.74, 6) is 0.811. The molecule has 3 aromatic rings. The molecular weight excluding hydrogens is 489 g/mol. The van der Waals surface area contributed by atoms with Crippen molar-refractivity contribution in [2.45, 2.75) is 12.4 Å². The van der Waals surface area contributed by atoms with E-state index in [1.807, 2.05) is 35.2 Å². The highest BCUT2D eigenvalue weighted by molar-refractivity contribution is 6.35. The minimum atomic E-state index is -0.528. The van der Waals surface area contributed by atoms with Crippen molar-refractivity contribution in [3.63, 3.8) is 0 Å². The lowest BCUT2D eigenvalue weighted by Gasteiger charge is -2.36. The highest BCUT2D eigenvalue weighted by atomic mass is 35.5. The van der Waals surface area contributed by atoms with Crippen molar-refractivity contribution in [2.75, 3.05) is 44.3 Å². The Hall–Kier alpha value is -2.84. The highest BCUT2D eigenvalue weighted by Gasteiger charge is 2.29. The van der Waals surface area contributed by atoms with Gasteiger partial charge in [-0.25, -0.2) is 0 Å². The second-order valence-corrected chi connectivity index (χ2v) is 9.25. The van der Waals surface area contributed by atoms with Gasteiger partial charge in [-0.15, -0.1) is 0 Å². The number of amides is 1. The number of aromatic nitrogens is 1. The van der Waals surface area contributed by atoms with E-state index in [4.69, 9.17) is 37.4 Å². The molecule has 2 unspecified atom stereocenters. The lowest BCUT2D eigenvalue weighted by molar-refractivity contribution is -0.0658. The predicted octanol–water partition coefficient (Wildman–Crippen LogP) is 4.84. The fourth-order valence-corrected chi connectivity index (χ4v) is 4.68. The maximum atomic E-state index is 12.6. The average Bonchev–Trinajstić information content (AvgIpc) is 3.37. The van der Waals surface area contributed by atoms with E-state index < -0.39 is 6.29 Å². The lowest BCUT2D eigenvalue weighted by atomic mass is 10.2. The molecule has 1 amide bonds. The Bertz CT molecular complexity index is 1160. The van der Waals surface area contributed by atoms with Crippen LogP contribution in [0.5, 0.6) is 5.75 Å². The van der Waals surface area contributed by atoms with Crippen molar-refractivity contribution in [3.8, 4) is 5.75 Å². The van der Waals surface area contributed by atoms with Gasteiger partial charge in [-0.2, -0.15) is 0 Å². The van der Waals surface area contributed by atoms with E-state index in [0.717, 1.165) is 30.1 Å². The number of piperazine rings is 1. The second-order valence-electron chi connectivity index (χ2n) is 8.41. The number of hydrogen-bond acceptors (Lipinski definition) is 6. The van der Waals surface area contributed by atoms with Gasteiger partial charge in [0.1, 0.15) is 18.5 Å². The quantitative estimate of drug-likeness (QED) is 0.469. The van der Waals surface area contributed by atoms with Crippen molar-refractivity contribution >= 4 is 34.8 Å². The van der Waals surface area contributed by atoms with Gasteiger partial charge < -0.3 is 24.0 Å². The number of carbonyl (C=O) groups is 1. The van der Waals surface area contributed by atoms with Crippen LogP contribution < -0.4 is 9.64 Å². The van der Waals surface area contributed by atoms with Gasteiger partial charge in [0.15, 0.2) is 6.29 Å². The molecule has 1 aromatic heterocycles. The molecule has 2 aliphatic heterocycles. The van der Waals surface area contributed by atoms with Crippen LogP contribution in [0.2, 0.25) is 10.0 Å². The van der Waals surface area contributed by atoms with Crippen LogP contribution in [0.1, 0.15) is 22.2 Å². The van der Waals surface area contributed by atoms with E-state index in [-0.39, 0.29) is 12.0 Å². The van der Waals surface area contributed by atoms with Crippen molar-refractivity contribution in [2.24, 2.45) is 0 Å². The molecule has 7 nitrogen and oxygen atoms in total. The number of anilines is 1. The van der Waals surface area contributed by atoms with E-state index in [2.05, 4.69) is 9.88 Å². The SMILES string of the molecule is O=C(c1ccncc1)N1CCN(c2ccc(OCC3COC(c4ccc(Cl)cc4Cl)O3)cc2)CC1. The van der Waals surface area contributed by atoms with Crippen LogP contribution in [0, 0.1) is 0 Å². The first-order chi connectivity index (χ1) is 17.1. The van der Waals surface area contributed by atoms with Gasteiger partial charge in [-0.1, -0.05) is 29.3 Å². The molecule has 182 valence electrons. The normalized spacial score (nSPS) is 20.2. The zero-order valence-electron chi connectivity index (χ0n) is 19.0. The molecule has 2 aliphatic rings. The van der Waals surface area contributed by atoms with Gasteiger partial charge in [-0.05, 0) is 48.5 Å². The molecule has 3 heterocycles. The zero-order chi connectivity index (χ0) is 24.2. The fourth-order valence-electron chi connectivity index (χ4n) is 4.18. The molecule has 0 saturated carbocycles. The lowest BCUT2D eigenvalue weighted by Crippen LogP contribution is -2.48. The van der Waals surface area contributed by atoms with Crippen LogP contribution in [0.3, 0.4) is 0 Å². The maximum Gasteiger partial charge on any atom is 0.254 e. The molecule has 2 aromatic carbocycles. The number of benzene rings is 2. The molecule has 0 radical (unpaired) electrons. The Morgan fingerprint density at radius 1 is 1.00 bits per heavy atom. The van der Waals surface area contributed by atoms with Crippen molar-refractivity contribution in [1.82, 2.24) is 9.88 Å². The van der Waals surface area contributed by atoms with E-state index in [9.17, 15) is 4.79 Å². The van der Waals surface area contributed by atoms with Gasteiger partial charge in [0.25, 0.3) is 5.91 Å². The highest BCUT2D eigenvalue weighted by Crippen LogP contribution is 2.33. The minimum absolute atomic E-state index is 0.0504. The number of hydrogen-bond donors (Lipinski definition) is 0. The molecule has 9 heteroatoms. The van der Waals surface area contributed by atoms with Gasteiger partial charge >= 0.3 is 0 Å². The third kappa shape index (κ3) is 5.70. The summed E-state index contributed by atoms with van der Waals surface area (Å²) in [6.45, 7) is 3.70. The Morgan fingerprint density at radius 2 is 1.74 bits per heavy atom. The molecule has 0 bridgehead atoms. The van der Waals surface area contributed by atoms with Crippen molar-refractivity contribution < 1.29 is 19.0 Å². The third-order valence-corrected chi connectivity index (χ3v) is 6.66.